The maximum Gasteiger partial charge on any atom is 0.182 e. The predicted octanol–water partition coefficient (Wildman–Crippen LogP) is 4.05. The number of aryl methyl sites for hydroxylation is 1. The van der Waals surface area contributed by atoms with Gasteiger partial charge in [-0.2, -0.15) is 10.2 Å². The Balaban J connectivity index is 1.41. The normalized spacial score (nSPS) is 16.6. The molecule has 5 rings (SSSR count). The summed E-state index contributed by atoms with van der Waals surface area (Å²) in [7, 11) is -1.55. The molecule has 160 valence electrons. The lowest BCUT2D eigenvalue weighted by Crippen LogP contribution is -2.42. The highest BCUT2D eigenvalue weighted by atomic mass is 127. The van der Waals surface area contributed by atoms with Crippen LogP contribution in [-0.2, 0) is 21.4 Å². The van der Waals surface area contributed by atoms with Crippen molar-refractivity contribution in [3.63, 3.8) is 0 Å². The average Bonchev–Trinajstić information content (AvgIpc) is 3.38. The fraction of sp³-hybridized carbons (Fsp3) is 0.211. The Bertz CT molecular complexity index is 1310. The number of anilines is 1. The van der Waals surface area contributed by atoms with Crippen LogP contribution in [-0.4, -0.2) is 41.7 Å². The first kappa shape index (κ1) is 20.9. The van der Waals surface area contributed by atoms with Crippen molar-refractivity contribution in [2.75, 3.05) is 17.9 Å². The van der Waals surface area contributed by atoms with Gasteiger partial charge in [0.05, 0.1) is 53.8 Å². The Morgan fingerprint density at radius 2 is 2.19 bits per heavy atom. The first-order valence-corrected chi connectivity index (χ1v) is 14.5. The minimum atomic E-state index is -1.55. The third-order valence-corrected chi connectivity index (χ3v) is 8.01. The molecule has 2 unspecified atom stereocenters. The van der Waals surface area contributed by atoms with E-state index in [-0.39, 0.29) is 13.2 Å². The van der Waals surface area contributed by atoms with Gasteiger partial charge >= 0.3 is 0 Å². The van der Waals surface area contributed by atoms with Crippen LogP contribution in [0.5, 0.6) is 0 Å². The zero-order chi connectivity index (χ0) is 21.6. The number of hydrogen-bond donors (Lipinski definition) is 1. The number of rotatable bonds is 6. The summed E-state index contributed by atoms with van der Waals surface area (Å²) in [5.74, 6) is 0.451. The summed E-state index contributed by atoms with van der Waals surface area (Å²) in [6, 6.07) is 9.06. The summed E-state index contributed by atoms with van der Waals surface area (Å²) in [4.78, 5) is 4.74. The van der Waals surface area contributed by atoms with Gasteiger partial charge in [-0.25, -0.2) is 22.7 Å². The summed E-state index contributed by atoms with van der Waals surface area (Å²) >= 11 is 2.28. The fourth-order valence-electron chi connectivity index (χ4n) is 3.46. The van der Waals surface area contributed by atoms with E-state index in [4.69, 9.17) is 4.74 Å². The van der Waals surface area contributed by atoms with E-state index in [2.05, 4.69) is 41.9 Å². The van der Waals surface area contributed by atoms with Crippen molar-refractivity contribution in [3.8, 4) is 5.82 Å². The van der Waals surface area contributed by atoms with E-state index in [0.29, 0.717) is 22.7 Å². The van der Waals surface area contributed by atoms with Crippen molar-refractivity contribution >= 4 is 56.0 Å². The molecule has 0 radical (unpaired) electrons. The Morgan fingerprint density at radius 3 is 2.94 bits per heavy atom. The summed E-state index contributed by atoms with van der Waals surface area (Å²) in [6.07, 6.45) is 5.15. The van der Waals surface area contributed by atoms with Crippen molar-refractivity contribution in [2.24, 2.45) is 0 Å². The van der Waals surface area contributed by atoms with Crippen LogP contribution in [0.2, 0.25) is 0 Å². The van der Waals surface area contributed by atoms with Crippen LogP contribution in [0.4, 0.5) is 10.1 Å². The second-order valence-electron chi connectivity index (χ2n) is 7.13. The number of ether oxygens (including phenoxy) is 1. The molecule has 1 aromatic carbocycles. The molecule has 31 heavy (non-hydrogen) atoms. The van der Waals surface area contributed by atoms with E-state index in [0.717, 1.165) is 22.3 Å². The Hall–Kier alpha value is -1.95. The first-order chi connectivity index (χ1) is 15.0. The summed E-state index contributed by atoms with van der Waals surface area (Å²) < 4.78 is 39.1. The lowest BCUT2D eigenvalue weighted by atomic mass is 9.95. The van der Waals surface area contributed by atoms with Gasteiger partial charge in [-0.1, -0.05) is 6.07 Å². The molecule has 0 aliphatic carbocycles. The number of pyridine rings is 1. The van der Waals surface area contributed by atoms with Crippen molar-refractivity contribution < 1.29 is 13.3 Å². The van der Waals surface area contributed by atoms with E-state index in [1.54, 1.807) is 18.3 Å². The molecule has 2 atom stereocenters. The topological polar surface area (TPSA) is 86.9 Å². The molecule has 0 spiro atoms. The Labute approximate surface area is 194 Å². The van der Waals surface area contributed by atoms with Gasteiger partial charge in [0.25, 0.3) is 0 Å². The standard InChI is InChI=1S/C19H17FIN6O2PS/c1-12-18-15(3-2-4-16(18)27(24-12)30-21)25-31(28)14-8-23-26(9-14)17-7-13(5-6-22-17)19(20)10-29-11-19/h2-9,25,30H,10-11H2,1H3. The lowest BCUT2D eigenvalue weighted by Gasteiger charge is -2.34. The highest BCUT2D eigenvalue weighted by molar-refractivity contribution is 14.2. The Kier molecular flexibility index (Phi) is 5.53. The number of alkyl halides is 1. The van der Waals surface area contributed by atoms with E-state index in [1.807, 2.05) is 29.6 Å². The SMILES string of the molecule is Cc1nn(PI)c2cccc(NS(=O)c3cnn(-c4cc(C5(F)COC5)ccn4)c3)c12. The van der Waals surface area contributed by atoms with Crippen LogP contribution in [0.15, 0.2) is 53.8 Å². The molecular formula is C19H17FIN6O2PS. The molecule has 1 fully saturated rings. The zero-order valence-corrected chi connectivity index (χ0v) is 20.2. The van der Waals surface area contributed by atoms with Gasteiger partial charge in [0, 0.05) is 11.6 Å². The molecule has 3 aromatic heterocycles. The van der Waals surface area contributed by atoms with E-state index in [9.17, 15) is 8.60 Å². The Morgan fingerprint density at radius 1 is 1.35 bits per heavy atom. The predicted molar refractivity (Wildman–Crippen MR) is 127 cm³/mol. The largest absolute Gasteiger partial charge is 0.374 e. The molecule has 0 bridgehead atoms. The van der Waals surface area contributed by atoms with Gasteiger partial charge in [-0.05, 0) is 58.8 Å². The van der Waals surface area contributed by atoms with Crippen LogP contribution < -0.4 is 4.72 Å². The van der Waals surface area contributed by atoms with Crippen molar-refractivity contribution in [2.45, 2.75) is 17.5 Å². The number of hydrogen-bond acceptors (Lipinski definition) is 5. The molecule has 1 N–H and O–H groups in total. The maximum absolute atomic E-state index is 14.6. The average molecular weight is 570 g/mol. The number of halogens is 2. The van der Waals surface area contributed by atoms with Gasteiger partial charge in [0.1, 0.15) is 0 Å². The molecule has 8 nitrogen and oxygen atoms in total. The minimum absolute atomic E-state index is 0.0361. The molecule has 0 saturated carbocycles. The number of benzene rings is 1. The number of aromatic nitrogens is 5. The number of nitrogens with one attached hydrogen (secondary N) is 1. The third kappa shape index (κ3) is 3.77. The van der Waals surface area contributed by atoms with Gasteiger partial charge in [-0.15, -0.1) is 0 Å². The zero-order valence-electron chi connectivity index (χ0n) is 16.2. The van der Waals surface area contributed by atoms with E-state index in [1.165, 1.54) is 17.1 Å². The van der Waals surface area contributed by atoms with Crippen LogP contribution in [0.1, 0.15) is 11.3 Å². The minimum Gasteiger partial charge on any atom is -0.374 e. The monoisotopic (exact) mass is 570 g/mol. The third-order valence-electron chi connectivity index (χ3n) is 5.10. The first-order valence-electron chi connectivity index (χ1n) is 9.30. The van der Waals surface area contributed by atoms with Gasteiger partial charge in [0.2, 0.25) is 0 Å². The van der Waals surface area contributed by atoms with Gasteiger partial charge in [0.15, 0.2) is 22.5 Å². The van der Waals surface area contributed by atoms with Crippen LogP contribution in [0.25, 0.3) is 16.7 Å². The molecule has 0 amide bonds. The fourth-order valence-corrected chi connectivity index (χ4v) is 5.85. The second-order valence-corrected chi connectivity index (χ2v) is 10.4. The summed E-state index contributed by atoms with van der Waals surface area (Å²) in [5.41, 5.74) is 1.61. The van der Waals surface area contributed by atoms with Crippen LogP contribution >= 0.6 is 28.4 Å². The van der Waals surface area contributed by atoms with Crippen molar-refractivity contribution in [1.29, 1.82) is 0 Å². The summed E-state index contributed by atoms with van der Waals surface area (Å²) in [5, 5.41) is 9.76. The van der Waals surface area contributed by atoms with Crippen molar-refractivity contribution in [3.05, 3.63) is 60.2 Å². The van der Waals surface area contributed by atoms with Crippen LogP contribution in [0, 0.1) is 6.92 Å². The summed E-state index contributed by atoms with van der Waals surface area (Å²) in [6.45, 7) is 2.01. The molecule has 1 aliphatic rings. The maximum atomic E-state index is 14.6. The molecule has 12 heteroatoms. The number of fused-ring (bicyclic) bond motifs is 1. The number of nitrogens with zero attached hydrogens (tertiary/aromatic N) is 5. The molecule has 1 saturated heterocycles. The molecule has 4 aromatic rings. The molecule has 1 aliphatic heterocycles. The van der Waals surface area contributed by atoms with E-state index >= 15 is 0 Å². The lowest BCUT2D eigenvalue weighted by molar-refractivity contribution is -0.135. The van der Waals surface area contributed by atoms with Crippen molar-refractivity contribution in [1.82, 2.24) is 24.3 Å². The molecular weight excluding hydrogens is 553 g/mol. The highest BCUT2D eigenvalue weighted by Gasteiger charge is 2.40. The highest BCUT2D eigenvalue weighted by Crippen LogP contribution is 2.35. The second kappa shape index (κ2) is 8.19. The quantitative estimate of drug-likeness (QED) is 0.280. The molecule has 4 heterocycles. The smallest absolute Gasteiger partial charge is 0.182 e. The van der Waals surface area contributed by atoms with Crippen LogP contribution in [0.3, 0.4) is 0 Å². The van der Waals surface area contributed by atoms with E-state index < -0.39 is 16.7 Å². The van der Waals surface area contributed by atoms with Gasteiger partial charge < -0.3 is 9.46 Å². The van der Waals surface area contributed by atoms with Gasteiger partial charge in [-0.3, -0.25) is 0 Å².